The molecule has 0 spiro atoms. The van der Waals surface area contributed by atoms with Gasteiger partial charge in [0.1, 0.15) is 0 Å². The van der Waals surface area contributed by atoms with E-state index in [1.54, 1.807) is 0 Å². The Balaban J connectivity index is 2.03. The van der Waals surface area contributed by atoms with Crippen LogP contribution in [-0.2, 0) is 0 Å². The normalized spacial score (nSPS) is 41.4. The first-order valence-electron chi connectivity index (χ1n) is 8.62. The van der Waals surface area contributed by atoms with E-state index in [9.17, 15) is 0 Å². The van der Waals surface area contributed by atoms with Crippen molar-refractivity contribution in [1.82, 2.24) is 10.2 Å². The number of nitrogens with zero attached hydrogens (tertiary/aromatic N) is 1. The van der Waals surface area contributed by atoms with Gasteiger partial charge in [-0.25, -0.2) is 0 Å². The van der Waals surface area contributed by atoms with E-state index in [4.69, 9.17) is 0 Å². The third-order valence-electron chi connectivity index (χ3n) is 5.46. The molecule has 2 heteroatoms. The summed E-state index contributed by atoms with van der Waals surface area (Å²) in [4.78, 5) is 2.85. The number of nitrogens with one attached hydrogen (secondary N) is 1. The summed E-state index contributed by atoms with van der Waals surface area (Å²) in [6, 6.07) is 2.30. The SMILES string of the molecule is CCCNC1CCCCC1N1CC(C)CC(C)C1C. The first-order valence-corrected chi connectivity index (χ1v) is 8.62. The Morgan fingerprint density at radius 2 is 1.84 bits per heavy atom. The van der Waals surface area contributed by atoms with Crippen molar-refractivity contribution < 1.29 is 0 Å². The van der Waals surface area contributed by atoms with E-state index in [0.29, 0.717) is 0 Å². The monoisotopic (exact) mass is 266 g/mol. The van der Waals surface area contributed by atoms with Crippen molar-refractivity contribution in [2.24, 2.45) is 11.8 Å². The first kappa shape index (κ1) is 15.3. The number of likely N-dealkylation sites (tertiary alicyclic amines) is 1. The van der Waals surface area contributed by atoms with Crippen molar-refractivity contribution in [2.45, 2.75) is 84.3 Å². The topological polar surface area (TPSA) is 15.3 Å². The Bertz CT molecular complexity index is 266. The fraction of sp³-hybridized carbons (Fsp3) is 1.00. The second-order valence-corrected chi connectivity index (χ2v) is 7.17. The fourth-order valence-electron chi connectivity index (χ4n) is 4.27. The summed E-state index contributed by atoms with van der Waals surface area (Å²) in [6.45, 7) is 12.1. The van der Waals surface area contributed by atoms with Crippen LogP contribution < -0.4 is 5.32 Å². The lowest BCUT2D eigenvalue weighted by atomic mass is 9.81. The second kappa shape index (κ2) is 7.08. The highest BCUT2D eigenvalue weighted by molar-refractivity contribution is 4.94. The number of hydrogen-bond donors (Lipinski definition) is 1. The van der Waals surface area contributed by atoms with E-state index in [1.165, 1.54) is 51.6 Å². The smallest absolute Gasteiger partial charge is 0.0252 e. The predicted octanol–water partition coefficient (Wildman–Crippen LogP) is 3.66. The summed E-state index contributed by atoms with van der Waals surface area (Å²) in [5.74, 6) is 1.73. The molecule has 0 aromatic heterocycles. The van der Waals surface area contributed by atoms with Crippen molar-refractivity contribution >= 4 is 0 Å². The molecule has 0 radical (unpaired) electrons. The molecule has 19 heavy (non-hydrogen) atoms. The molecule has 1 heterocycles. The van der Waals surface area contributed by atoms with E-state index < -0.39 is 0 Å². The third-order valence-corrected chi connectivity index (χ3v) is 5.46. The number of piperidine rings is 1. The molecule has 5 atom stereocenters. The van der Waals surface area contributed by atoms with Crippen molar-refractivity contribution in [3.05, 3.63) is 0 Å². The van der Waals surface area contributed by atoms with Crippen molar-refractivity contribution in [3.8, 4) is 0 Å². The highest BCUT2D eigenvalue weighted by atomic mass is 15.2. The van der Waals surface area contributed by atoms with E-state index >= 15 is 0 Å². The number of rotatable bonds is 4. The summed E-state index contributed by atoms with van der Waals surface area (Å²) in [5, 5.41) is 3.83. The number of hydrogen-bond acceptors (Lipinski definition) is 2. The van der Waals surface area contributed by atoms with Gasteiger partial charge in [0.25, 0.3) is 0 Å². The van der Waals surface area contributed by atoms with Crippen LogP contribution in [0.4, 0.5) is 0 Å². The van der Waals surface area contributed by atoms with Crippen LogP contribution in [0.2, 0.25) is 0 Å². The Labute approximate surface area is 120 Å². The summed E-state index contributed by atoms with van der Waals surface area (Å²) in [5.41, 5.74) is 0. The molecule has 0 bridgehead atoms. The lowest BCUT2D eigenvalue weighted by molar-refractivity contribution is 0.0115. The molecule has 2 nitrogen and oxygen atoms in total. The maximum Gasteiger partial charge on any atom is 0.0252 e. The van der Waals surface area contributed by atoms with Crippen LogP contribution in [0.25, 0.3) is 0 Å². The van der Waals surface area contributed by atoms with Gasteiger partial charge in [-0.15, -0.1) is 0 Å². The van der Waals surface area contributed by atoms with E-state index in [2.05, 4.69) is 37.9 Å². The van der Waals surface area contributed by atoms with E-state index in [1.807, 2.05) is 0 Å². The molecule has 1 saturated carbocycles. The third kappa shape index (κ3) is 3.72. The van der Waals surface area contributed by atoms with Gasteiger partial charge in [0, 0.05) is 24.7 Å². The van der Waals surface area contributed by atoms with Crippen LogP contribution in [0.3, 0.4) is 0 Å². The largest absolute Gasteiger partial charge is 0.312 e. The molecule has 0 aromatic rings. The molecule has 1 aliphatic heterocycles. The van der Waals surface area contributed by atoms with Gasteiger partial charge >= 0.3 is 0 Å². The second-order valence-electron chi connectivity index (χ2n) is 7.17. The van der Waals surface area contributed by atoms with Crippen LogP contribution >= 0.6 is 0 Å². The molecule has 2 rings (SSSR count). The van der Waals surface area contributed by atoms with Gasteiger partial charge in [0.05, 0.1) is 0 Å². The minimum Gasteiger partial charge on any atom is -0.312 e. The van der Waals surface area contributed by atoms with Gasteiger partial charge in [-0.1, -0.05) is 33.6 Å². The fourth-order valence-corrected chi connectivity index (χ4v) is 4.27. The van der Waals surface area contributed by atoms with Crippen LogP contribution in [0.5, 0.6) is 0 Å². The van der Waals surface area contributed by atoms with Crippen molar-refractivity contribution in [3.63, 3.8) is 0 Å². The molecule has 1 saturated heterocycles. The first-order chi connectivity index (χ1) is 9.13. The summed E-state index contributed by atoms with van der Waals surface area (Å²) in [6.07, 6.45) is 8.32. The summed E-state index contributed by atoms with van der Waals surface area (Å²) >= 11 is 0. The van der Waals surface area contributed by atoms with Gasteiger partial charge < -0.3 is 5.32 Å². The molecule has 0 aromatic carbocycles. The zero-order chi connectivity index (χ0) is 13.8. The average molecular weight is 266 g/mol. The minimum absolute atomic E-state index is 0.744. The van der Waals surface area contributed by atoms with Crippen LogP contribution in [0, 0.1) is 11.8 Å². The molecule has 5 unspecified atom stereocenters. The maximum atomic E-state index is 3.83. The lowest BCUT2D eigenvalue weighted by Crippen LogP contribution is -2.58. The van der Waals surface area contributed by atoms with Crippen molar-refractivity contribution in [2.75, 3.05) is 13.1 Å². The van der Waals surface area contributed by atoms with Crippen LogP contribution in [0.1, 0.15) is 66.2 Å². The van der Waals surface area contributed by atoms with E-state index in [0.717, 1.165) is 30.0 Å². The molecular formula is C17H34N2. The predicted molar refractivity (Wildman–Crippen MR) is 83.5 cm³/mol. The van der Waals surface area contributed by atoms with Crippen molar-refractivity contribution in [1.29, 1.82) is 0 Å². The average Bonchev–Trinajstić information content (AvgIpc) is 2.41. The molecule has 1 aliphatic carbocycles. The Morgan fingerprint density at radius 3 is 2.58 bits per heavy atom. The standard InChI is InChI=1S/C17H34N2/c1-5-10-18-16-8-6-7-9-17(16)19-12-13(2)11-14(3)15(19)4/h13-18H,5-12H2,1-4H3. The molecule has 1 N–H and O–H groups in total. The molecule has 2 aliphatic rings. The Hall–Kier alpha value is -0.0800. The lowest BCUT2D eigenvalue weighted by Gasteiger charge is -2.49. The molecule has 112 valence electrons. The molecular weight excluding hydrogens is 232 g/mol. The van der Waals surface area contributed by atoms with Gasteiger partial charge in [0.15, 0.2) is 0 Å². The zero-order valence-electron chi connectivity index (χ0n) is 13.5. The van der Waals surface area contributed by atoms with Gasteiger partial charge in [-0.05, 0) is 51.0 Å². The minimum atomic E-state index is 0.744. The van der Waals surface area contributed by atoms with Crippen LogP contribution in [0.15, 0.2) is 0 Å². The molecule has 2 fully saturated rings. The quantitative estimate of drug-likeness (QED) is 0.835. The highest BCUT2D eigenvalue weighted by Gasteiger charge is 2.37. The van der Waals surface area contributed by atoms with Crippen LogP contribution in [-0.4, -0.2) is 36.1 Å². The van der Waals surface area contributed by atoms with E-state index in [-0.39, 0.29) is 0 Å². The Morgan fingerprint density at radius 1 is 1.11 bits per heavy atom. The Kier molecular flexibility index (Phi) is 5.70. The molecule has 0 amide bonds. The summed E-state index contributed by atoms with van der Waals surface area (Å²) in [7, 11) is 0. The highest BCUT2D eigenvalue weighted by Crippen LogP contribution is 2.33. The maximum absolute atomic E-state index is 3.83. The van der Waals surface area contributed by atoms with Gasteiger partial charge in [-0.3, -0.25) is 4.90 Å². The zero-order valence-corrected chi connectivity index (χ0v) is 13.5. The summed E-state index contributed by atoms with van der Waals surface area (Å²) < 4.78 is 0. The van der Waals surface area contributed by atoms with Gasteiger partial charge in [0.2, 0.25) is 0 Å². The van der Waals surface area contributed by atoms with Gasteiger partial charge in [-0.2, -0.15) is 0 Å².